The molecule has 62 heavy (non-hydrogen) atoms. The third-order valence-corrected chi connectivity index (χ3v) is 11.8. The number of aliphatic carboxylic acids is 1. The molecule has 4 heterocycles. The lowest BCUT2D eigenvalue weighted by Gasteiger charge is -2.49. The zero-order valence-electron chi connectivity index (χ0n) is 35.0. The Morgan fingerprint density at radius 3 is 1.44 bits per heavy atom. The van der Waals surface area contributed by atoms with Gasteiger partial charge in [0.05, 0.1) is 44.6 Å². The van der Waals surface area contributed by atoms with Gasteiger partial charge < -0.3 is 109 Å². The molecule has 4 rings (SSSR count). The van der Waals surface area contributed by atoms with Crippen LogP contribution in [-0.2, 0) is 42.7 Å². The predicted octanol–water partition coefficient (Wildman–Crippen LogP) is -4.57. The van der Waals surface area contributed by atoms with Gasteiger partial charge in [0.25, 0.3) is 0 Å². The van der Waals surface area contributed by atoms with Crippen molar-refractivity contribution in [3.8, 4) is 0 Å². The Bertz CT molecular complexity index is 1290. The number of ether oxygens (including phenoxy) is 8. The highest BCUT2D eigenvalue weighted by atomic mass is 16.8. The van der Waals surface area contributed by atoms with Crippen molar-refractivity contribution < 1.29 is 114 Å². The third kappa shape index (κ3) is 13.8. The normalized spacial score (nSPS) is 42.7. The molecule has 0 bridgehead atoms. The van der Waals surface area contributed by atoms with Crippen LogP contribution in [0.4, 0.5) is 0 Å². The molecule has 22 unspecified atom stereocenters. The highest BCUT2D eigenvalue weighted by molar-refractivity contribution is 5.67. The zero-order chi connectivity index (χ0) is 45.8. The van der Waals surface area contributed by atoms with Gasteiger partial charge in [0, 0.05) is 0 Å². The molecular formula is C39H70O23. The predicted molar refractivity (Wildman–Crippen MR) is 205 cm³/mol. The van der Waals surface area contributed by atoms with Gasteiger partial charge in [-0.15, -0.1) is 0 Å². The summed E-state index contributed by atoms with van der Waals surface area (Å²) in [6, 6.07) is 0. The molecule has 4 aliphatic heterocycles. The number of hydrogen-bond acceptors (Lipinski definition) is 22. The summed E-state index contributed by atoms with van der Waals surface area (Å²) in [5.41, 5.74) is 0. The summed E-state index contributed by atoms with van der Waals surface area (Å²) in [6.45, 7) is 0.922. The van der Waals surface area contributed by atoms with Crippen molar-refractivity contribution in [2.75, 3.05) is 19.8 Å². The fourth-order valence-electron chi connectivity index (χ4n) is 8.12. The largest absolute Gasteiger partial charge is 0.481 e. The van der Waals surface area contributed by atoms with Gasteiger partial charge >= 0.3 is 5.97 Å². The Kier molecular flexibility index (Phi) is 21.9. The van der Waals surface area contributed by atoms with Crippen molar-refractivity contribution in [1.82, 2.24) is 0 Å². The van der Waals surface area contributed by atoms with Crippen LogP contribution in [0.3, 0.4) is 0 Å². The van der Waals surface area contributed by atoms with E-state index in [0.717, 1.165) is 32.1 Å². The van der Waals surface area contributed by atoms with Crippen molar-refractivity contribution in [1.29, 1.82) is 0 Å². The van der Waals surface area contributed by atoms with Crippen LogP contribution < -0.4 is 0 Å². The number of aliphatic hydroxyl groups excluding tert-OH is 13. The van der Waals surface area contributed by atoms with Gasteiger partial charge in [-0.25, -0.2) is 0 Å². The number of hydrogen-bond donors (Lipinski definition) is 14. The first-order valence-electron chi connectivity index (χ1n) is 21.6. The summed E-state index contributed by atoms with van der Waals surface area (Å²) in [5, 5.41) is 147. The Hall–Kier alpha value is -1.37. The van der Waals surface area contributed by atoms with Gasteiger partial charge in [0.1, 0.15) is 91.6 Å². The van der Waals surface area contributed by atoms with E-state index in [4.69, 9.17) is 43.0 Å². The van der Waals surface area contributed by atoms with Crippen molar-refractivity contribution in [2.45, 2.75) is 220 Å². The van der Waals surface area contributed by atoms with Gasteiger partial charge in [-0.3, -0.25) is 4.79 Å². The van der Waals surface area contributed by atoms with Gasteiger partial charge in [0.15, 0.2) is 25.2 Å². The number of carboxylic acids is 1. The average Bonchev–Trinajstić information content (AvgIpc) is 3.23. The molecule has 364 valence electrons. The van der Waals surface area contributed by atoms with E-state index in [2.05, 4.69) is 0 Å². The number of rotatable bonds is 24. The molecular weight excluding hydrogens is 836 g/mol. The van der Waals surface area contributed by atoms with Gasteiger partial charge in [-0.1, -0.05) is 51.9 Å². The molecule has 4 aliphatic rings. The summed E-state index contributed by atoms with van der Waals surface area (Å²) < 4.78 is 46.0. The number of aliphatic hydroxyl groups is 13. The minimum atomic E-state index is -1.99. The summed E-state index contributed by atoms with van der Waals surface area (Å²) >= 11 is 0. The molecule has 0 aliphatic carbocycles. The highest BCUT2D eigenvalue weighted by Gasteiger charge is 2.55. The smallest absolute Gasteiger partial charge is 0.305 e. The highest BCUT2D eigenvalue weighted by Crippen LogP contribution is 2.35. The second-order valence-electron chi connectivity index (χ2n) is 16.6. The molecule has 0 radical (unpaired) electrons. The maximum absolute atomic E-state index is 11.5. The molecule has 4 fully saturated rings. The zero-order valence-corrected chi connectivity index (χ0v) is 35.0. The van der Waals surface area contributed by atoms with E-state index in [-0.39, 0.29) is 6.42 Å². The molecule has 0 aromatic heterocycles. The van der Waals surface area contributed by atoms with Crippen LogP contribution in [0.15, 0.2) is 0 Å². The van der Waals surface area contributed by atoms with E-state index in [0.29, 0.717) is 32.1 Å². The number of carbonyl (C=O) groups is 1. The summed E-state index contributed by atoms with van der Waals surface area (Å²) in [7, 11) is 0. The average molecular weight is 907 g/mol. The van der Waals surface area contributed by atoms with Crippen molar-refractivity contribution >= 4 is 5.97 Å². The Morgan fingerprint density at radius 2 is 0.935 bits per heavy atom. The van der Waals surface area contributed by atoms with Crippen molar-refractivity contribution in [2.24, 2.45) is 0 Å². The quantitative estimate of drug-likeness (QED) is 0.0405. The van der Waals surface area contributed by atoms with Gasteiger partial charge in [-0.05, 0) is 26.2 Å². The molecule has 23 heteroatoms. The second kappa shape index (κ2) is 25.5. The van der Waals surface area contributed by atoms with E-state index in [1.165, 1.54) is 6.92 Å². The molecule has 0 aromatic rings. The van der Waals surface area contributed by atoms with Crippen LogP contribution >= 0.6 is 0 Å². The van der Waals surface area contributed by atoms with Crippen LogP contribution in [0.25, 0.3) is 0 Å². The van der Waals surface area contributed by atoms with Crippen LogP contribution in [0.5, 0.6) is 0 Å². The lowest BCUT2D eigenvalue weighted by Crippen LogP contribution is -2.67. The summed E-state index contributed by atoms with van der Waals surface area (Å²) in [6.07, 6.45) is -28.1. The van der Waals surface area contributed by atoms with Gasteiger partial charge in [-0.2, -0.15) is 0 Å². The summed E-state index contributed by atoms with van der Waals surface area (Å²) in [5.74, 6) is -1.04. The Balaban J connectivity index is 1.39. The fraction of sp³-hybridized carbons (Fsp3) is 0.974. The minimum Gasteiger partial charge on any atom is -0.481 e. The van der Waals surface area contributed by atoms with Crippen LogP contribution in [0, 0.1) is 0 Å². The monoisotopic (exact) mass is 906 g/mol. The molecule has 0 aromatic carbocycles. The number of unbranched alkanes of at least 4 members (excludes halogenated alkanes) is 5. The maximum Gasteiger partial charge on any atom is 0.305 e. The van der Waals surface area contributed by atoms with Crippen molar-refractivity contribution in [3.05, 3.63) is 0 Å². The second-order valence-corrected chi connectivity index (χ2v) is 16.6. The van der Waals surface area contributed by atoms with Crippen molar-refractivity contribution in [3.63, 3.8) is 0 Å². The van der Waals surface area contributed by atoms with E-state index in [1.54, 1.807) is 0 Å². The summed E-state index contributed by atoms with van der Waals surface area (Å²) in [4.78, 5) is 10.7. The lowest BCUT2D eigenvalue weighted by molar-refractivity contribution is -0.389. The Morgan fingerprint density at radius 1 is 0.516 bits per heavy atom. The van der Waals surface area contributed by atoms with E-state index < -0.39 is 161 Å². The standard InChI is InChI=1S/C39H70O23/c1-3-10-19(12-9-7-5-4-6-8-11-18(43)13-23(44)45)56-38-31(53)34(26(48)21(15-41)58-38)62-39-32(54)35(27(49)22(16-42)59-39)61-37-30(52)33(24(46)17(2)55-37)60-36-29(51)28(50)25(47)20(14-40)57-36/h17-22,24-43,46-54H,3-16H2,1-2H3,(H,44,45). The van der Waals surface area contributed by atoms with Gasteiger partial charge in [0.2, 0.25) is 0 Å². The molecule has 0 amide bonds. The third-order valence-electron chi connectivity index (χ3n) is 11.8. The topological polar surface area (TPSA) is 374 Å². The molecule has 22 atom stereocenters. The molecule has 14 N–H and O–H groups in total. The first kappa shape index (κ1) is 53.2. The minimum absolute atomic E-state index is 0.280. The fourth-order valence-corrected chi connectivity index (χ4v) is 8.12. The van der Waals surface area contributed by atoms with E-state index >= 15 is 0 Å². The van der Waals surface area contributed by atoms with Crippen LogP contribution in [0.1, 0.15) is 84.5 Å². The molecule has 4 saturated heterocycles. The molecule has 0 spiro atoms. The van der Waals surface area contributed by atoms with E-state index in [9.17, 15) is 71.2 Å². The maximum atomic E-state index is 11.5. The first-order chi connectivity index (χ1) is 29.5. The first-order valence-corrected chi connectivity index (χ1v) is 21.6. The SMILES string of the molecule is CCCC(CCCCCCCCC(O)CC(=O)O)OC1OC(CO)C(O)C(OC2OC(CO)C(O)C(OC3OC(C)C(O)C(OC4OC(CO)C(O)C(O)C4O)C3O)C2O)C1O. The number of carboxylic acid groups (broad SMARTS) is 1. The Labute approximate surface area is 359 Å². The van der Waals surface area contributed by atoms with Crippen LogP contribution in [0.2, 0.25) is 0 Å². The van der Waals surface area contributed by atoms with E-state index in [1.807, 2.05) is 6.92 Å². The lowest BCUT2D eigenvalue weighted by atomic mass is 9.95. The molecule has 23 nitrogen and oxygen atoms in total. The molecule has 0 saturated carbocycles. The van der Waals surface area contributed by atoms with Crippen LogP contribution in [-0.4, -0.2) is 232 Å².